The lowest BCUT2D eigenvalue weighted by Crippen LogP contribution is -2.45. The van der Waals surface area contributed by atoms with Gasteiger partial charge in [0.25, 0.3) is 0 Å². The molecule has 1 N–H and O–H groups in total. The summed E-state index contributed by atoms with van der Waals surface area (Å²) in [5.74, 6) is 2.35. The van der Waals surface area contributed by atoms with Gasteiger partial charge in [0.05, 0.1) is 0 Å². The second-order valence-electron chi connectivity index (χ2n) is 4.56. The van der Waals surface area contributed by atoms with Crippen molar-refractivity contribution in [2.45, 2.75) is 50.3 Å². The highest BCUT2D eigenvalue weighted by Gasteiger charge is 2.26. The van der Waals surface area contributed by atoms with Gasteiger partial charge in [-0.2, -0.15) is 11.8 Å². The van der Waals surface area contributed by atoms with Crippen LogP contribution in [-0.2, 0) is 0 Å². The molecule has 1 nitrogen and oxygen atoms in total. The van der Waals surface area contributed by atoms with Crippen LogP contribution in [0.2, 0.25) is 0 Å². The summed E-state index contributed by atoms with van der Waals surface area (Å²) in [6, 6.07) is 0.835. The van der Waals surface area contributed by atoms with Crippen molar-refractivity contribution < 1.29 is 0 Å². The molecule has 0 radical (unpaired) electrons. The van der Waals surface area contributed by atoms with E-state index in [0.717, 1.165) is 17.2 Å². The summed E-state index contributed by atoms with van der Waals surface area (Å²) in [5.41, 5.74) is 0. The Hall–Kier alpha value is 0.310. The van der Waals surface area contributed by atoms with Crippen molar-refractivity contribution in [1.82, 2.24) is 5.32 Å². The third-order valence-corrected chi connectivity index (χ3v) is 4.73. The minimum absolute atomic E-state index is 0.833. The van der Waals surface area contributed by atoms with Crippen LogP contribution in [0.1, 0.15) is 39.0 Å². The molecule has 1 saturated carbocycles. The lowest BCUT2D eigenvalue weighted by molar-refractivity contribution is 0.282. The van der Waals surface area contributed by atoms with Gasteiger partial charge < -0.3 is 5.32 Å². The van der Waals surface area contributed by atoms with E-state index in [9.17, 15) is 0 Å². The zero-order chi connectivity index (χ0) is 9.10. The first kappa shape index (κ1) is 9.85. The first-order chi connectivity index (χ1) is 6.36. The summed E-state index contributed by atoms with van der Waals surface area (Å²) < 4.78 is 0. The third kappa shape index (κ3) is 2.63. The van der Waals surface area contributed by atoms with E-state index in [1.807, 2.05) is 0 Å². The quantitative estimate of drug-likeness (QED) is 0.697. The van der Waals surface area contributed by atoms with Crippen LogP contribution in [-0.4, -0.2) is 23.6 Å². The van der Waals surface area contributed by atoms with Gasteiger partial charge in [-0.3, -0.25) is 0 Å². The van der Waals surface area contributed by atoms with E-state index >= 15 is 0 Å². The van der Waals surface area contributed by atoms with E-state index in [4.69, 9.17) is 0 Å². The summed E-state index contributed by atoms with van der Waals surface area (Å²) >= 11 is 2.16. The molecule has 76 valence electrons. The second-order valence-corrected chi connectivity index (χ2v) is 6.03. The lowest BCUT2D eigenvalue weighted by Gasteiger charge is -2.35. The molecule has 0 bridgehead atoms. The first-order valence-corrected chi connectivity index (χ1v) is 6.76. The zero-order valence-electron chi connectivity index (χ0n) is 8.59. The molecule has 1 aliphatic heterocycles. The highest BCUT2D eigenvalue weighted by molar-refractivity contribution is 8.00. The van der Waals surface area contributed by atoms with Crippen LogP contribution in [0.15, 0.2) is 0 Å². The smallest absolute Gasteiger partial charge is 0.0187 e. The number of nitrogens with one attached hydrogen (secondary N) is 1. The predicted molar refractivity (Wildman–Crippen MR) is 60.3 cm³/mol. The Kier molecular flexibility index (Phi) is 3.56. The maximum absolute atomic E-state index is 3.72. The Morgan fingerprint density at radius 1 is 1.15 bits per heavy atom. The summed E-state index contributed by atoms with van der Waals surface area (Å²) in [5, 5.41) is 4.55. The van der Waals surface area contributed by atoms with Gasteiger partial charge in [0.1, 0.15) is 0 Å². The molecule has 0 aromatic carbocycles. The standard InChI is InChI=1S/C11H21NS/c1-9-7-12-11(8-13-9)10-5-3-2-4-6-10/h9-12H,2-8H2,1H3. The Morgan fingerprint density at radius 2 is 1.92 bits per heavy atom. The van der Waals surface area contributed by atoms with Crippen LogP contribution in [0.25, 0.3) is 0 Å². The van der Waals surface area contributed by atoms with Crippen LogP contribution in [0.3, 0.4) is 0 Å². The minimum atomic E-state index is 0.833. The second kappa shape index (κ2) is 4.70. The van der Waals surface area contributed by atoms with Crippen molar-refractivity contribution >= 4 is 11.8 Å². The van der Waals surface area contributed by atoms with Crippen molar-refractivity contribution in [3.63, 3.8) is 0 Å². The number of thioether (sulfide) groups is 1. The molecular formula is C11H21NS. The van der Waals surface area contributed by atoms with E-state index in [0.29, 0.717) is 0 Å². The molecule has 2 unspecified atom stereocenters. The van der Waals surface area contributed by atoms with Crippen LogP contribution >= 0.6 is 11.8 Å². The number of hydrogen-bond donors (Lipinski definition) is 1. The van der Waals surface area contributed by atoms with Crippen molar-refractivity contribution in [1.29, 1.82) is 0 Å². The fourth-order valence-electron chi connectivity index (χ4n) is 2.54. The highest BCUT2D eigenvalue weighted by atomic mass is 32.2. The van der Waals surface area contributed by atoms with Gasteiger partial charge in [0.2, 0.25) is 0 Å². The van der Waals surface area contributed by atoms with Crippen LogP contribution in [0.5, 0.6) is 0 Å². The molecule has 2 atom stereocenters. The average molecular weight is 199 g/mol. The summed E-state index contributed by atoms with van der Waals surface area (Å²) in [7, 11) is 0. The topological polar surface area (TPSA) is 12.0 Å². The highest BCUT2D eigenvalue weighted by Crippen LogP contribution is 2.30. The fourth-order valence-corrected chi connectivity index (χ4v) is 3.68. The summed E-state index contributed by atoms with van der Waals surface area (Å²) in [6.07, 6.45) is 7.39. The molecule has 13 heavy (non-hydrogen) atoms. The van der Waals surface area contributed by atoms with Crippen LogP contribution < -0.4 is 5.32 Å². The van der Waals surface area contributed by atoms with E-state index in [-0.39, 0.29) is 0 Å². The Balaban J connectivity index is 1.79. The van der Waals surface area contributed by atoms with Crippen molar-refractivity contribution in [2.75, 3.05) is 12.3 Å². The monoisotopic (exact) mass is 199 g/mol. The lowest BCUT2D eigenvalue weighted by atomic mass is 9.84. The Bertz CT molecular complexity index is 146. The van der Waals surface area contributed by atoms with Gasteiger partial charge in [-0.05, 0) is 18.8 Å². The number of hydrogen-bond acceptors (Lipinski definition) is 2. The van der Waals surface area contributed by atoms with E-state index in [2.05, 4.69) is 24.0 Å². The van der Waals surface area contributed by atoms with E-state index in [1.54, 1.807) is 0 Å². The van der Waals surface area contributed by atoms with Crippen LogP contribution in [0, 0.1) is 5.92 Å². The molecule has 0 spiro atoms. The Labute approximate surface area is 86.0 Å². The molecule has 2 aliphatic rings. The average Bonchev–Trinajstić information content (AvgIpc) is 2.20. The van der Waals surface area contributed by atoms with Gasteiger partial charge in [-0.15, -0.1) is 0 Å². The summed E-state index contributed by atoms with van der Waals surface area (Å²) in [4.78, 5) is 0. The molecule has 2 heteroatoms. The van der Waals surface area contributed by atoms with Gasteiger partial charge in [-0.1, -0.05) is 26.2 Å². The van der Waals surface area contributed by atoms with Crippen molar-refractivity contribution in [3.05, 3.63) is 0 Å². The molecule has 0 amide bonds. The third-order valence-electron chi connectivity index (χ3n) is 3.45. The molecule has 1 aliphatic carbocycles. The first-order valence-electron chi connectivity index (χ1n) is 5.71. The molecule has 2 rings (SSSR count). The summed E-state index contributed by atoms with van der Waals surface area (Å²) in [6.45, 7) is 3.56. The van der Waals surface area contributed by atoms with Gasteiger partial charge in [0, 0.05) is 23.6 Å². The predicted octanol–water partition coefficient (Wildman–Crippen LogP) is 2.66. The van der Waals surface area contributed by atoms with E-state index < -0.39 is 0 Å². The normalized spacial score (nSPS) is 37.6. The van der Waals surface area contributed by atoms with Crippen molar-refractivity contribution in [3.8, 4) is 0 Å². The van der Waals surface area contributed by atoms with E-state index in [1.165, 1.54) is 44.4 Å². The maximum atomic E-state index is 3.72. The van der Waals surface area contributed by atoms with Crippen LogP contribution in [0.4, 0.5) is 0 Å². The fraction of sp³-hybridized carbons (Fsp3) is 1.00. The zero-order valence-corrected chi connectivity index (χ0v) is 9.41. The minimum Gasteiger partial charge on any atom is -0.312 e. The number of rotatable bonds is 1. The largest absolute Gasteiger partial charge is 0.312 e. The van der Waals surface area contributed by atoms with Gasteiger partial charge >= 0.3 is 0 Å². The van der Waals surface area contributed by atoms with Crippen molar-refractivity contribution in [2.24, 2.45) is 5.92 Å². The maximum Gasteiger partial charge on any atom is 0.0187 e. The molecule has 1 heterocycles. The molecule has 2 fully saturated rings. The van der Waals surface area contributed by atoms with Gasteiger partial charge in [0.15, 0.2) is 0 Å². The molecule has 1 saturated heterocycles. The SMILES string of the molecule is CC1CNC(C2CCCCC2)CS1. The van der Waals surface area contributed by atoms with Gasteiger partial charge in [-0.25, -0.2) is 0 Å². The molecule has 0 aromatic rings. The molecule has 0 aromatic heterocycles. The Morgan fingerprint density at radius 3 is 2.54 bits per heavy atom. The molecular weight excluding hydrogens is 178 g/mol.